The highest BCUT2D eigenvalue weighted by molar-refractivity contribution is 9.10. The predicted molar refractivity (Wildman–Crippen MR) is 82.5 cm³/mol. The molecule has 2 aromatic carbocycles. The van der Waals surface area contributed by atoms with Crippen LogP contribution in [0.15, 0.2) is 39.3 Å². The van der Waals surface area contributed by atoms with E-state index < -0.39 is 0 Å². The van der Waals surface area contributed by atoms with Crippen LogP contribution >= 0.6 is 31.9 Å². The van der Waals surface area contributed by atoms with Crippen LogP contribution in [0.2, 0.25) is 0 Å². The van der Waals surface area contributed by atoms with Crippen molar-refractivity contribution >= 4 is 48.9 Å². The Morgan fingerprint density at radius 3 is 2.58 bits per heavy atom. The molecule has 0 aliphatic heterocycles. The summed E-state index contributed by atoms with van der Waals surface area (Å²) >= 11 is 6.46. The Hall–Kier alpha value is -1.27. The van der Waals surface area contributed by atoms with E-state index in [1.807, 2.05) is 12.1 Å². The molecule has 0 unspecified atom stereocenters. The van der Waals surface area contributed by atoms with Crippen molar-refractivity contribution in [1.82, 2.24) is 0 Å². The molecule has 0 bridgehead atoms. The van der Waals surface area contributed by atoms with Crippen LogP contribution in [0.3, 0.4) is 0 Å². The summed E-state index contributed by atoms with van der Waals surface area (Å²) in [5.74, 6) is 0.307. The molecule has 100 valence electrons. The molecule has 0 aliphatic rings. The Kier molecular flexibility index (Phi) is 4.31. The maximum absolute atomic E-state index is 13.5. The second-order valence-corrected chi connectivity index (χ2v) is 5.54. The van der Waals surface area contributed by atoms with E-state index in [-0.39, 0.29) is 5.82 Å². The fraction of sp³-hybridized carbons (Fsp3) is 0.0769. The summed E-state index contributed by atoms with van der Waals surface area (Å²) in [6, 6.07) is 8.34. The van der Waals surface area contributed by atoms with Gasteiger partial charge in [-0.05, 0) is 50.1 Å². The second-order valence-electron chi connectivity index (χ2n) is 3.83. The fourth-order valence-corrected chi connectivity index (χ4v) is 2.33. The number of nitrogens with one attached hydrogen (secondary N) is 1. The summed E-state index contributed by atoms with van der Waals surface area (Å²) in [6.07, 6.45) is 0. The van der Waals surface area contributed by atoms with Crippen molar-refractivity contribution in [2.75, 3.05) is 18.2 Å². The Morgan fingerprint density at radius 1 is 1.16 bits per heavy atom. The monoisotopic (exact) mass is 388 g/mol. The molecule has 0 aliphatic carbocycles. The maximum atomic E-state index is 13.5. The van der Waals surface area contributed by atoms with Crippen LogP contribution in [0, 0.1) is 5.82 Å². The van der Waals surface area contributed by atoms with Crippen molar-refractivity contribution in [1.29, 1.82) is 0 Å². The van der Waals surface area contributed by atoms with E-state index in [4.69, 9.17) is 10.5 Å². The number of halogens is 3. The van der Waals surface area contributed by atoms with Crippen LogP contribution in [0.1, 0.15) is 0 Å². The van der Waals surface area contributed by atoms with Crippen molar-refractivity contribution in [3.05, 3.63) is 45.1 Å². The van der Waals surface area contributed by atoms with Gasteiger partial charge in [-0.3, -0.25) is 0 Å². The largest absolute Gasteiger partial charge is 0.495 e. The van der Waals surface area contributed by atoms with Gasteiger partial charge in [0.2, 0.25) is 0 Å². The first-order valence-electron chi connectivity index (χ1n) is 5.36. The quantitative estimate of drug-likeness (QED) is 0.749. The topological polar surface area (TPSA) is 47.3 Å². The van der Waals surface area contributed by atoms with E-state index >= 15 is 0 Å². The molecule has 0 saturated heterocycles. The zero-order chi connectivity index (χ0) is 14.0. The van der Waals surface area contributed by atoms with E-state index in [9.17, 15) is 4.39 Å². The summed E-state index contributed by atoms with van der Waals surface area (Å²) in [5, 5.41) is 3.06. The number of anilines is 3. The van der Waals surface area contributed by atoms with Gasteiger partial charge in [0.1, 0.15) is 11.6 Å². The average molecular weight is 390 g/mol. The molecule has 0 atom stereocenters. The van der Waals surface area contributed by atoms with E-state index in [0.29, 0.717) is 21.6 Å². The van der Waals surface area contributed by atoms with Crippen LogP contribution in [0.25, 0.3) is 0 Å². The minimum atomic E-state index is -0.374. The van der Waals surface area contributed by atoms with E-state index in [0.717, 1.165) is 10.2 Å². The molecule has 2 aromatic rings. The van der Waals surface area contributed by atoms with Gasteiger partial charge in [-0.25, -0.2) is 4.39 Å². The number of methoxy groups -OCH3 is 1. The van der Waals surface area contributed by atoms with Gasteiger partial charge in [-0.1, -0.05) is 0 Å². The Bertz CT molecular complexity index is 620. The number of ether oxygens (including phenoxy) is 1. The van der Waals surface area contributed by atoms with Gasteiger partial charge in [-0.15, -0.1) is 0 Å². The highest BCUT2D eigenvalue weighted by Gasteiger charge is 2.07. The predicted octanol–water partition coefficient (Wildman–Crippen LogP) is 4.69. The molecule has 0 heterocycles. The Balaban J connectivity index is 2.33. The minimum Gasteiger partial charge on any atom is -0.495 e. The van der Waals surface area contributed by atoms with Crippen LogP contribution in [0.5, 0.6) is 5.75 Å². The molecule has 0 amide bonds. The first kappa shape index (κ1) is 14.1. The molecule has 0 saturated carbocycles. The minimum absolute atomic E-state index is 0.337. The number of nitrogen functional groups attached to an aromatic ring is 1. The summed E-state index contributed by atoms with van der Waals surface area (Å²) < 4.78 is 19.9. The third kappa shape index (κ3) is 3.19. The molecule has 0 fully saturated rings. The fourth-order valence-electron chi connectivity index (χ4n) is 1.56. The number of hydrogen-bond acceptors (Lipinski definition) is 3. The third-order valence-electron chi connectivity index (χ3n) is 2.52. The Morgan fingerprint density at radius 2 is 1.89 bits per heavy atom. The molecule has 0 radical (unpaired) electrons. The molecule has 3 N–H and O–H groups in total. The average Bonchev–Trinajstić information content (AvgIpc) is 2.38. The number of benzene rings is 2. The van der Waals surface area contributed by atoms with Gasteiger partial charge in [0.15, 0.2) is 0 Å². The lowest BCUT2D eigenvalue weighted by molar-refractivity contribution is 0.412. The molecular formula is C13H11Br2FN2O. The van der Waals surface area contributed by atoms with Gasteiger partial charge in [0, 0.05) is 17.8 Å². The lowest BCUT2D eigenvalue weighted by Crippen LogP contribution is -1.98. The van der Waals surface area contributed by atoms with E-state index in [1.54, 1.807) is 13.2 Å². The molecule has 3 nitrogen and oxygen atoms in total. The van der Waals surface area contributed by atoms with Gasteiger partial charge >= 0.3 is 0 Å². The molecule has 0 aromatic heterocycles. The summed E-state index contributed by atoms with van der Waals surface area (Å²) in [7, 11) is 1.58. The molecule has 19 heavy (non-hydrogen) atoms. The highest BCUT2D eigenvalue weighted by atomic mass is 79.9. The van der Waals surface area contributed by atoms with Gasteiger partial charge in [-0.2, -0.15) is 0 Å². The lowest BCUT2D eigenvalue weighted by atomic mass is 10.2. The lowest BCUT2D eigenvalue weighted by Gasteiger charge is -2.12. The molecule has 0 spiro atoms. The van der Waals surface area contributed by atoms with Gasteiger partial charge in [0.05, 0.1) is 27.4 Å². The van der Waals surface area contributed by atoms with Crippen LogP contribution in [-0.4, -0.2) is 7.11 Å². The van der Waals surface area contributed by atoms with Crippen molar-refractivity contribution in [3.63, 3.8) is 0 Å². The standard InChI is InChI=1S/C13H11Br2FN2O/c1-19-13-4-7(2-3-8(13)14)18-12-6-10(16)9(15)5-11(12)17/h2-6,18H,17H2,1H3. The number of nitrogens with two attached hydrogens (primary N) is 1. The summed E-state index contributed by atoms with van der Waals surface area (Å²) in [4.78, 5) is 0. The molecule has 6 heteroatoms. The van der Waals surface area contributed by atoms with E-state index in [1.165, 1.54) is 12.1 Å². The van der Waals surface area contributed by atoms with Crippen LogP contribution < -0.4 is 15.8 Å². The van der Waals surface area contributed by atoms with Gasteiger partial charge < -0.3 is 15.8 Å². The molecule has 2 rings (SSSR count). The molecular weight excluding hydrogens is 379 g/mol. The van der Waals surface area contributed by atoms with E-state index in [2.05, 4.69) is 37.2 Å². The Labute approximate surface area is 127 Å². The highest BCUT2D eigenvalue weighted by Crippen LogP contribution is 2.32. The summed E-state index contributed by atoms with van der Waals surface area (Å²) in [6.45, 7) is 0. The third-order valence-corrected chi connectivity index (χ3v) is 3.79. The van der Waals surface area contributed by atoms with Crippen molar-refractivity contribution < 1.29 is 9.13 Å². The SMILES string of the molecule is COc1cc(Nc2cc(F)c(Br)cc2N)ccc1Br. The maximum Gasteiger partial charge on any atom is 0.139 e. The van der Waals surface area contributed by atoms with Gasteiger partial charge in [0.25, 0.3) is 0 Å². The van der Waals surface area contributed by atoms with Crippen molar-refractivity contribution in [2.45, 2.75) is 0 Å². The zero-order valence-electron chi connectivity index (χ0n) is 10.0. The van der Waals surface area contributed by atoms with Crippen LogP contribution in [0.4, 0.5) is 21.5 Å². The number of rotatable bonds is 3. The zero-order valence-corrected chi connectivity index (χ0v) is 13.2. The normalized spacial score (nSPS) is 10.3. The van der Waals surface area contributed by atoms with Crippen LogP contribution in [-0.2, 0) is 0 Å². The number of hydrogen-bond donors (Lipinski definition) is 2. The smallest absolute Gasteiger partial charge is 0.139 e. The summed E-state index contributed by atoms with van der Waals surface area (Å²) in [5.41, 5.74) is 7.56. The van der Waals surface area contributed by atoms with Crippen molar-refractivity contribution in [2.24, 2.45) is 0 Å². The first-order valence-corrected chi connectivity index (χ1v) is 6.95. The first-order chi connectivity index (χ1) is 9.01. The van der Waals surface area contributed by atoms with Crippen molar-refractivity contribution in [3.8, 4) is 5.75 Å². The second kappa shape index (κ2) is 5.79.